The molecule has 0 saturated heterocycles. The van der Waals surface area contributed by atoms with Crippen molar-refractivity contribution in [3.63, 3.8) is 0 Å². The number of nitrogens with zero attached hydrogens (tertiary/aromatic N) is 1. The molecule has 2 amide bonds. The van der Waals surface area contributed by atoms with E-state index in [9.17, 15) is 9.90 Å². The molecule has 0 aliphatic carbocycles. The molecule has 0 radical (unpaired) electrons. The summed E-state index contributed by atoms with van der Waals surface area (Å²) in [6.45, 7) is 9.88. The summed E-state index contributed by atoms with van der Waals surface area (Å²) in [5.74, 6) is 1.48. The molecule has 2 rings (SSSR count). The number of amides is 2. The van der Waals surface area contributed by atoms with Gasteiger partial charge in [-0.2, -0.15) is 0 Å². The van der Waals surface area contributed by atoms with Gasteiger partial charge in [-0.1, -0.05) is 0 Å². The number of carbonyl (C=O) groups is 1. The minimum Gasteiger partial charge on any atom is -0.497 e. The number of rotatable bonds is 6. The highest BCUT2D eigenvalue weighted by molar-refractivity contribution is 5.84. The number of likely N-dealkylation sites (N-methyl/N-ethyl adjacent to an activating group) is 1. The Kier molecular flexibility index (Phi) is 5.62. The Morgan fingerprint density at radius 2 is 2.12 bits per heavy atom. The third-order valence-electron chi connectivity index (χ3n) is 4.16. The number of urea groups is 1. The van der Waals surface area contributed by atoms with E-state index in [1.807, 2.05) is 39.0 Å². The molecule has 1 aromatic heterocycles. The third-order valence-corrected chi connectivity index (χ3v) is 4.16. The first-order chi connectivity index (χ1) is 11.7. The van der Waals surface area contributed by atoms with Crippen LogP contribution in [0.25, 0.3) is 11.0 Å². The zero-order valence-electron chi connectivity index (χ0n) is 15.8. The van der Waals surface area contributed by atoms with Gasteiger partial charge in [-0.3, -0.25) is 0 Å². The second-order valence-corrected chi connectivity index (χ2v) is 6.95. The number of nitrogens with one attached hydrogen (secondary N) is 1. The highest BCUT2D eigenvalue weighted by Gasteiger charge is 2.24. The van der Waals surface area contributed by atoms with Gasteiger partial charge in [-0.05, 0) is 52.8 Å². The van der Waals surface area contributed by atoms with Crippen molar-refractivity contribution in [1.29, 1.82) is 0 Å². The average molecular weight is 348 g/mol. The molecule has 6 heteroatoms. The first kappa shape index (κ1) is 19.1. The molecule has 6 nitrogen and oxygen atoms in total. The number of furan rings is 1. The van der Waals surface area contributed by atoms with Crippen LogP contribution in [0.15, 0.2) is 22.6 Å². The Hall–Kier alpha value is -2.21. The van der Waals surface area contributed by atoms with Crippen molar-refractivity contribution in [2.45, 2.75) is 46.3 Å². The first-order valence-electron chi connectivity index (χ1n) is 8.51. The van der Waals surface area contributed by atoms with E-state index in [0.717, 1.165) is 28.0 Å². The van der Waals surface area contributed by atoms with Gasteiger partial charge in [0.25, 0.3) is 0 Å². The summed E-state index contributed by atoms with van der Waals surface area (Å²) < 4.78 is 11.2. The summed E-state index contributed by atoms with van der Waals surface area (Å²) in [6, 6.07) is 5.13. The van der Waals surface area contributed by atoms with Gasteiger partial charge < -0.3 is 24.5 Å². The molecule has 138 valence electrons. The lowest BCUT2D eigenvalue weighted by Crippen LogP contribution is -2.47. The number of benzene rings is 1. The largest absolute Gasteiger partial charge is 0.497 e. The Morgan fingerprint density at radius 3 is 2.68 bits per heavy atom. The van der Waals surface area contributed by atoms with Crippen LogP contribution in [0.3, 0.4) is 0 Å². The number of ether oxygens (including phenoxy) is 1. The van der Waals surface area contributed by atoms with E-state index in [-0.39, 0.29) is 18.6 Å². The molecule has 0 spiro atoms. The van der Waals surface area contributed by atoms with Crippen LogP contribution in [0.2, 0.25) is 0 Å². The molecule has 0 bridgehead atoms. The highest BCUT2D eigenvalue weighted by atomic mass is 16.5. The lowest BCUT2D eigenvalue weighted by molar-refractivity contribution is 0.0475. The Morgan fingerprint density at radius 1 is 1.44 bits per heavy atom. The standard InChI is InChI=1S/C19H28N2O4/c1-7-21(11-19(4,5)23)18(22)20-13(3)17-12(2)15-10-14(24-6)8-9-16(15)25-17/h8-10,13,23H,7,11H2,1-6H3,(H,20,22). The lowest BCUT2D eigenvalue weighted by atomic mass is 10.1. The number of carbonyl (C=O) groups excluding carboxylic acids is 1. The van der Waals surface area contributed by atoms with E-state index >= 15 is 0 Å². The first-order valence-corrected chi connectivity index (χ1v) is 8.51. The fraction of sp³-hybridized carbons (Fsp3) is 0.526. The fourth-order valence-corrected chi connectivity index (χ4v) is 2.90. The van der Waals surface area contributed by atoms with Gasteiger partial charge in [0, 0.05) is 17.5 Å². The van der Waals surface area contributed by atoms with Crippen LogP contribution in [0, 0.1) is 6.92 Å². The summed E-state index contributed by atoms with van der Waals surface area (Å²) >= 11 is 0. The van der Waals surface area contributed by atoms with Gasteiger partial charge in [-0.15, -0.1) is 0 Å². The zero-order chi connectivity index (χ0) is 18.8. The van der Waals surface area contributed by atoms with Crippen LogP contribution in [0.5, 0.6) is 5.75 Å². The highest BCUT2D eigenvalue weighted by Crippen LogP contribution is 2.32. The van der Waals surface area contributed by atoms with Gasteiger partial charge >= 0.3 is 6.03 Å². The van der Waals surface area contributed by atoms with Gasteiger partial charge in [0.05, 0.1) is 25.3 Å². The van der Waals surface area contributed by atoms with Crippen molar-refractivity contribution < 1.29 is 19.1 Å². The van der Waals surface area contributed by atoms with Crippen molar-refractivity contribution in [1.82, 2.24) is 10.2 Å². The number of fused-ring (bicyclic) bond motifs is 1. The summed E-state index contributed by atoms with van der Waals surface area (Å²) in [5.41, 5.74) is 0.799. The van der Waals surface area contributed by atoms with E-state index in [4.69, 9.17) is 9.15 Å². The Labute approximate surface area is 148 Å². The van der Waals surface area contributed by atoms with Crippen LogP contribution >= 0.6 is 0 Å². The predicted molar refractivity (Wildman–Crippen MR) is 98.0 cm³/mol. The molecule has 0 aliphatic heterocycles. The summed E-state index contributed by atoms with van der Waals surface area (Å²) in [6.07, 6.45) is 0. The molecule has 1 unspecified atom stereocenters. The molecular weight excluding hydrogens is 320 g/mol. The average Bonchev–Trinajstić information content (AvgIpc) is 2.88. The van der Waals surface area contributed by atoms with Crippen LogP contribution in [0.1, 0.15) is 45.1 Å². The van der Waals surface area contributed by atoms with Crippen molar-refractivity contribution in [3.8, 4) is 5.75 Å². The Bertz CT molecular complexity index is 746. The fourth-order valence-electron chi connectivity index (χ4n) is 2.90. The minimum atomic E-state index is -0.942. The second kappa shape index (κ2) is 7.35. The summed E-state index contributed by atoms with van der Waals surface area (Å²) in [4.78, 5) is 14.1. The zero-order valence-corrected chi connectivity index (χ0v) is 15.8. The summed E-state index contributed by atoms with van der Waals surface area (Å²) in [7, 11) is 1.63. The van der Waals surface area contributed by atoms with Gasteiger partial charge in [0.15, 0.2) is 0 Å². The van der Waals surface area contributed by atoms with E-state index in [0.29, 0.717) is 6.54 Å². The van der Waals surface area contributed by atoms with Crippen molar-refractivity contribution in [2.75, 3.05) is 20.2 Å². The minimum absolute atomic E-state index is 0.227. The van der Waals surface area contributed by atoms with E-state index < -0.39 is 5.60 Å². The van der Waals surface area contributed by atoms with Crippen LogP contribution in [-0.2, 0) is 0 Å². The molecule has 1 aromatic carbocycles. The quantitative estimate of drug-likeness (QED) is 0.836. The molecule has 2 N–H and O–H groups in total. The summed E-state index contributed by atoms with van der Waals surface area (Å²) in [5, 5.41) is 13.9. The molecule has 1 heterocycles. The molecule has 0 aliphatic rings. The number of methoxy groups -OCH3 is 1. The molecule has 2 aromatic rings. The van der Waals surface area contributed by atoms with E-state index in [2.05, 4.69) is 5.32 Å². The molecule has 25 heavy (non-hydrogen) atoms. The number of hydrogen-bond donors (Lipinski definition) is 2. The smallest absolute Gasteiger partial charge is 0.318 e. The maximum Gasteiger partial charge on any atom is 0.318 e. The molecule has 0 fully saturated rings. The third kappa shape index (κ3) is 4.45. The molecule has 1 atom stereocenters. The predicted octanol–water partition coefficient (Wildman–Crippen LogP) is 3.61. The second-order valence-electron chi connectivity index (χ2n) is 6.95. The molecule has 0 saturated carbocycles. The van der Waals surface area contributed by atoms with Crippen molar-refractivity contribution >= 4 is 17.0 Å². The van der Waals surface area contributed by atoms with Crippen molar-refractivity contribution in [3.05, 3.63) is 29.5 Å². The number of aryl methyl sites for hydroxylation is 1. The van der Waals surface area contributed by atoms with Gasteiger partial charge in [-0.25, -0.2) is 4.79 Å². The lowest BCUT2D eigenvalue weighted by Gasteiger charge is -2.29. The number of aliphatic hydroxyl groups is 1. The number of hydrogen-bond acceptors (Lipinski definition) is 4. The van der Waals surface area contributed by atoms with Crippen molar-refractivity contribution in [2.24, 2.45) is 0 Å². The van der Waals surface area contributed by atoms with Gasteiger partial charge in [0.2, 0.25) is 0 Å². The van der Waals surface area contributed by atoms with Crippen LogP contribution < -0.4 is 10.1 Å². The SMILES string of the molecule is CCN(CC(C)(C)O)C(=O)NC(C)c1oc2ccc(OC)cc2c1C. The maximum atomic E-state index is 12.5. The van der Waals surface area contributed by atoms with E-state index in [1.54, 1.807) is 25.9 Å². The normalized spacial score (nSPS) is 12.9. The monoisotopic (exact) mass is 348 g/mol. The van der Waals surface area contributed by atoms with E-state index in [1.165, 1.54) is 0 Å². The van der Waals surface area contributed by atoms with Gasteiger partial charge in [0.1, 0.15) is 17.1 Å². The molecular formula is C19H28N2O4. The van der Waals surface area contributed by atoms with Crippen LogP contribution in [0.4, 0.5) is 4.79 Å². The Balaban J connectivity index is 2.20. The van der Waals surface area contributed by atoms with Crippen LogP contribution in [-0.4, -0.2) is 41.8 Å². The topological polar surface area (TPSA) is 74.9 Å². The maximum absolute atomic E-state index is 12.5.